The van der Waals surface area contributed by atoms with Gasteiger partial charge in [-0.15, -0.1) is 0 Å². The topological polar surface area (TPSA) is 35.5 Å². The average molecular weight is 515 g/mol. The maximum atomic E-state index is 15.1. The van der Waals surface area contributed by atoms with Crippen LogP contribution in [0.1, 0.15) is 73.4 Å². The van der Waals surface area contributed by atoms with Gasteiger partial charge in [-0.2, -0.15) is 4.39 Å². The number of hydrogen-bond acceptors (Lipinski definition) is 3. The van der Waals surface area contributed by atoms with Gasteiger partial charge in [0.1, 0.15) is 6.10 Å². The molecule has 1 aliphatic carbocycles. The fraction of sp³-hybridized carbons (Fsp3) is 0.367. The molecule has 37 heavy (non-hydrogen) atoms. The highest BCUT2D eigenvalue weighted by atomic mass is 19.2. The van der Waals surface area contributed by atoms with E-state index in [1.165, 1.54) is 6.07 Å². The Bertz CT molecular complexity index is 1250. The van der Waals surface area contributed by atoms with Crippen LogP contribution in [-0.2, 0) is 11.2 Å². The van der Waals surface area contributed by atoms with E-state index in [9.17, 15) is 13.6 Å². The molecule has 1 saturated carbocycles. The second-order valence-corrected chi connectivity index (χ2v) is 9.33. The van der Waals surface area contributed by atoms with Crippen LogP contribution < -0.4 is 4.74 Å². The molecule has 0 amide bonds. The highest BCUT2D eigenvalue weighted by molar-refractivity contribution is 5.90. The summed E-state index contributed by atoms with van der Waals surface area (Å²) in [5.74, 6) is -5.75. The fourth-order valence-corrected chi connectivity index (χ4v) is 4.91. The van der Waals surface area contributed by atoms with Gasteiger partial charge in [-0.05, 0) is 73.8 Å². The molecule has 0 atom stereocenters. The van der Waals surface area contributed by atoms with Gasteiger partial charge in [0.2, 0.25) is 5.82 Å². The van der Waals surface area contributed by atoms with Crippen LogP contribution in [0.3, 0.4) is 0 Å². The predicted octanol–water partition coefficient (Wildman–Crippen LogP) is 8.14. The SMILES string of the molecule is CCCc1ccc(-c2ccc(C3CCC(OC(=O)c4ccc(OCC)c(F)c4F)CC3)c(F)c2F)cc1. The maximum absolute atomic E-state index is 15.1. The lowest BCUT2D eigenvalue weighted by atomic mass is 9.82. The summed E-state index contributed by atoms with van der Waals surface area (Å²) in [6.45, 7) is 3.88. The number of benzene rings is 3. The molecule has 7 heteroatoms. The monoisotopic (exact) mass is 514 g/mol. The molecule has 4 rings (SSSR count). The molecule has 0 heterocycles. The minimum atomic E-state index is -1.32. The van der Waals surface area contributed by atoms with Crippen molar-refractivity contribution in [3.63, 3.8) is 0 Å². The number of rotatable bonds is 8. The summed E-state index contributed by atoms with van der Waals surface area (Å²) < 4.78 is 68.9. The Labute approximate surface area is 214 Å². The molecule has 0 spiro atoms. The van der Waals surface area contributed by atoms with E-state index in [1.807, 2.05) is 12.1 Å². The van der Waals surface area contributed by atoms with E-state index in [1.54, 1.807) is 31.2 Å². The minimum absolute atomic E-state index is 0.156. The van der Waals surface area contributed by atoms with Crippen molar-refractivity contribution in [2.75, 3.05) is 6.61 Å². The molecule has 0 bridgehead atoms. The van der Waals surface area contributed by atoms with Crippen LogP contribution in [0, 0.1) is 23.3 Å². The molecule has 0 aromatic heterocycles. The van der Waals surface area contributed by atoms with Gasteiger partial charge >= 0.3 is 5.97 Å². The van der Waals surface area contributed by atoms with Crippen molar-refractivity contribution in [2.45, 2.75) is 64.4 Å². The highest BCUT2D eigenvalue weighted by Crippen LogP contribution is 2.38. The van der Waals surface area contributed by atoms with E-state index >= 15 is 8.78 Å². The minimum Gasteiger partial charge on any atom is -0.491 e. The number of halogens is 4. The molecule has 0 aliphatic heterocycles. The van der Waals surface area contributed by atoms with Gasteiger partial charge in [0.05, 0.1) is 12.2 Å². The Morgan fingerprint density at radius 1 is 0.811 bits per heavy atom. The van der Waals surface area contributed by atoms with Crippen LogP contribution in [0.25, 0.3) is 11.1 Å². The fourth-order valence-electron chi connectivity index (χ4n) is 4.91. The molecule has 0 unspecified atom stereocenters. The Morgan fingerprint density at radius 2 is 1.51 bits per heavy atom. The lowest BCUT2D eigenvalue weighted by Crippen LogP contribution is -2.25. The zero-order valence-corrected chi connectivity index (χ0v) is 21.0. The smallest absolute Gasteiger partial charge is 0.341 e. The van der Waals surface area contributed by atoms with Crippen LogP contribution in [0.5, 0.6) is 5.75 Å². The summed E-state index contributed by atoms with van der Waals surface area (Å²) >= 11 is 0. The molecule has 3 aromatic rings. The number of carbonyl (C=O) groups is 1. The number of ether oxygens (including phenoxy) is 2. The summed E-state index contributed by atoms with van der Waals surface area (Å²) in [4.78, 5) is 12.5. The second-order valence-electron chi connectivity index (χ2n) is 9.33. The zero-order chi connectivity index (χ0) is 26.5. The molecule has 1 aliphatic rings. The molecule has 196 valence electrons. The van der Waals surface area contributed by atoms with E-state index in [0.717, 1.165) is 24.5 Å². The maximum Gasteiger partial charge on any atom is 0.341 e. The van der Waals surface area contributed by atoms with Crippen molar-refractivity contribution in [3.8, 4) is 16.9 Å². The first-order valence-electron chi connectivity index (χ1n) is 12.7. The van der Waals surface area contributed by atoms with Crippen molar-refractivity contribution < 1.29 is 31.8 Å². The van der Waals surface area contributed by atoms with Crippen molar-refractivity contribution in [3.05, 3.63) is 88.5 Å². The molecular weight excluding hydrogens is 484 g/mol. The molecule has 3 aromatic carbocycles. The lowest BCUT2D eigenvalue weighted by Gasteiger charge is -2.29. The lowest BCUT2D eigenvalue weighted by molar-refractivity contribution is 0.0188. The van der Waals surface area contributed by atoms with E-state index < -0.39 is 40.9 Å². The van der Waals surface area contributed by atoms with E-state index in [4.69, 9.17) is 9.47 Å². The molecule has 1 fully saturated rings. The third-order valence-electron chi connectivity index (χ3n) is 6.87. The Morgan fingerprint density at radius 3 is 2.16 bits per heavy atom. The van der Waals surface area contributed by atoms with Crippen molar-refractivity contribution in [1.82, 2.24) is 0 Å². The summed E-state index contributed by atoms with van der Waals surface area (Å²) in [5.41, 5.74) is 1.78. The Balaban J connectivity index is 1.40. The summed E-state index contributed by atoms with van der Waals surface area (Å²) in [7, 11) is 0. The van der Waals surface area contributed by atoms with E-state index in [-0.39, 0.29) is 23.8 Å². The molecule has 3 nitrogen and oxygen atoms in total. The molecule has 0 saturated heterocycles. The third-order valence-corrected chi connectivity index (χ3v) is 6.87. The van der Waals surface area contributed by atoms with Gasteiger partial charge in [0.25, 0.3) is 0 Å². The van der Waals surface area contributed by atoms with Crippen molar-refractivity contribution in [2.24, 2.45) is 0 Å². The molecule has 0 radical (unpaired) electrons. The van der Waals surface area contributed by atoms with Gasteiger partial charge in [0, 0.05) is 5.56 Å². The Kier molecular flexibility index (Phi) is 8.52. The van der Waals surface area contributed by atoms with Gasteiger partial charge in [-0.3, -0.25) is 0 Å². The van der Waals surface area contributed by atoms with Gasteiger partial charge in [-0.25, -0.2) is 18.0 Å². The van der Waals surface area contributed by atoms with Crippen molar-refractivity contribution in [1.29, 1.82) is 0 Å². The summed E-state index contributed by atoms with van der Waals surface area (Å²) in [6, 6.07) is 13.0. The van der Waals surface area contributed by atoms with E-state index in [2.05, 4.69) is 6.92 Å². The Hall–Kier alpha value is -3.35. The molecule has 0 N–H and O–H groups in total. The van der Waals surface area contributed by atoms with Crippen LogP contribution >= 0.6 is 0 Å². The van der Waals surface area contributed by atoms with Crippen LogP contribution in [-0.4, -0.2) is 18.7 Å². The molecular formula is C30H30F4O3. The summed E-state index contributed by atoms with van der Waals surface area (Å²) in [6.07, 6.45) is 3.17. The summed E-state index contributed by atoms with van der Waals surface area (Å²) in [5, 5.41) is 0. The normalized spacial score (nSPS) is 17.5. The first-order valence-corrected chi connectivity index (χ1v) is 12.7. The van der Waals surface area contributed by atoms with Gasteiger partial charge in [0.15, 0.2) is 23.2 Å². The highest BCUT2D eigenvalue weighted by Gasteiger charge is 2.30. The first kappa shape index (κ1) is 26.7. The zero-order valence-electron chi connectivity index (χ0n) is 21.0. The number of aryl methyl sites for hydroxylation is 1. The van der Waals surface area contributed by atoms with Crippen LogP contribution in [0.2, 0.25) is 0 Å². The number of carbonyl (C=O) groups excluding carboxylic acids is 1. The largest absolute Gasteiger partial charge is 0.491 e. The number of hydrogen-bond donors (Lipinski definition) is 0. The first-order chi connectivity index (χ1) is 17.8. The van der Waals surface area contributed by atoms with Crippen molar-refractivity contribution >= 4 is 5.97 Å². The third kappa shape index (κ3) is 5.81. The van der Waals surface area contributed by atoms with E-state index in [0.29, 0.717) is 36.8 Å². The predicted molar refractivity (Wildman–Crippen MR) is 134 cm³/mol. The second kappa shape index (κ2) is 11.8. The standard InChI is InChI=1S/C30H30F4O3/c1-3-5-18-6-8-19(9-7-18)22-14-15-23(27(32)26(22)31)20-10-12-21(13-11-20)37-30(35)24-16-17-25(36-4-2)29(34)28(24)33/h6-9,14-17,20-21H,3-5,10-13H2,1-2H3. The van der Waals surface area contributed by atoms with Crippen LogP contribution in [0.4, 0.5) is 17.6 Å². The average Bonchev–Trinajstić information content (AvgIpc) is 2.90. The number of esters is 1. The van der Waals surface area contributed by atoms with Gasteiger partial charge in [-0.1, -0.05) is 49.7 Å². The van der Waals surface area contributed by atoms with Crippen LogP contribution in [0.15, 0.2) is 48.5 Å². The van der Waals surface area contributed by atoms with Gasteiger partial charge < -0.3 is 9.47 Å². The quantitative estimate of drug-likeness (QED) is 0.225.